The Hall–Kier alpha value is -3.54. The smallest absolute Gasteiger partial charge is 0.362 e. The number of aryl methyl sites for hydroxylation is 1. The monoisotopic (exact) mass is 404 g/mol. The van der Waals surface area contributed by atoms with Crippen LogP contribution in [0.25, 0.3) is 5.69 Å². The van der Waals surface area contributed by atoms with Crippen LogP contribution in [-0.2, 0) is 11.2 Å². The number of ketones is 1. The molecule has 0 saturated carbocycles. The number of hydrogen-bond acceptors (Lipinski definition) is 5. The molecular weight excluding hydrogens is 380 g/mol. The van der Waals surface area contributed by atoms with Gasteiger partial charge in [0.05, 0.1) is 24.1 Å². The minimum atomic E-state index is -0.863. The molecule has 0 amide bonds. The predicted octanol–water partition coefficient (Wildman–Crippen LogP) is 3.90. The maximum atomic E-state index is 13.1. The number of rotatable bonds is 7. The number of methoxy groups -OCH3 is 1. The molecule has 30 heavy (non-hydrogen) atoms. The van der Waals surface area contributed by atoms with Crippen LogP contribution in [-0.4, -0.2) is 28.6 Å². The summed E-state index contributed by atoms with van der Waals surface area (Å²) in [7, 11) is 1.19. The van der Waals surface area contributed by atoms with Crippen LogP contribution < -0.4 is 5.43 Å². The Morgan fingerprint density at radius 1 is 1.03 bits per heavy atom. The van der Waals surface area contributed by atoms with E-state index in [1.807, 2.05) is 68.4 Å². The van der Waals surface area contributed by atoms with Crippen molar-refractivity contribution in [1.29, 1.82) is 0 Å². The third-order valence-electron chi connectivity index (χ3n) is 4.81. The molecule has 0 atom stereocenters. The van der Waals surface area contributed by atoms with Crippen molar-refractivity contribution < 1.29 is 14.3 Å². The Morgan fingerprint density at radius 2 is 1.70 bits per heavy atom. The van der Waals surface area contributed by atoms with Gasteiger partial charge in [0.25, 0.3) is 0 Å². The van der Waals surface area contributed by atoms with Crippen molar-refractivity contribution in [3.63, 3.8) is 0 Å². The fourth-order valence-electron chi connectivity index (χ4n) is 3.28. The number of aromatic nitrogens is 2. The maximum Gasteiger partial charge on any atom is 0.362 e. The highest BCUT2D eigenvalue weighted by atomic mass is 16.5. The molecule has 0 aliphatic carbocycles. The third kappa shape index (κ3) is 4.38. The molecule has 154 valence electrons. The van der Waals surface area contributed by atoms with Crippen molar-refractivity contribution in [1.82, 2.24) is 9.78 Å². The summed E-state index contributed by atoms with van der Waals surface area (Å²) < 4.78 is 6.27. The first-order valence-corrected chi connectivity index (χ1v) is 9.85. The lowest BCUT2D eigenvalue weighted by Gasteiger charge is -2.17. The predicted molar refractivity (Wildman–Crippen MR) is 114 cm³/mol. The molecule has 0 bridgehead atoms. The normalized spacial score (nSPS) is 10.6. The maximum absolute atomic E-state index is 13.1. The van der Waals surface area contributed by atoms with Crippen LogP contribution in [0.2, 0.25) is 0 Å². The summed E-state index contributed by atoms with van der Waals surface area (Å²) in [6, 6.07) is 17.0. The summed E-state index contributed by atoms with van der Waals surface area (Å²) in [5.41, 5.74) is 2.01. The molecule has 0 spiro atoms. The second-order valence-corrected chi connectivity index (χ2v) is 7.07. The zero-order valence-corrected chi connectivity index (χ0v) is 17.3. The van der Waals surface area contributed by atoms with Gasteiger partial charge in [-0.05, 0) is 31.0 Å². The zero-order valence-electron chi connectivity index (χ0n) is 17.3. The zero-order chi connectivity index (χ0) is 21.7. The van der Waals surface area contributed by atoms with E-state index in [-0.39, 0.29) is 17.8 Å². The van der Waals surface area contributed by atoms with E-state index in [4.69, 9.17) is 4.74 Å². The number of nitrogens with zero attached hydrogens (tertiary/aromatic N) is 2. The van der Waals surface area contributed by atoms with Crippen LogP contribution >= 0.6 is 0 Å². The standard InChI is InChI=1S/C24H24N2O4/c1-4-8-20(27)21-19(15-17-9-6-5-7-10-17)26(18-13-11-16(2)12-14-18)25-22(23(21)28)24(29)30-3/h5-7,9-14H,4,8,15H2,1-3H3. The van der Waals surface area contributed by atoms with Crippen molar-refractivity contribution in [3.8, 4) is 5.69 Å². The first-order chi connectivity index (χ1) is 14.5. The summed E-state index contributed by atoms with van der Waals surface area (Å²) >= 11 is 0. The van der Waals surface area contributed by atoms with Crippen LogP contribution in [0, 0.1) is 6.92 Å². The first-order valence-electron chi connectivity index (χ1n) is 9.85. The molecule has 2 aromatic carbocycles. The molecule has 3 aromatic rings. The van der Waals surface area contributed by atoms with E-state index < -0.39 is 17.1 Å². The summed E-state index contributed by atoms with van der Waals surface area (Å²) in [6.45, 7) is 3.83. The Kier molecular flexibility index (Phi) is 6.57. The SMILES string of the molecule is CCCC(=O)c1c(Cc2ccccc2)n(-c2ccc(C)cc2)nc(C(=O)OC)c1=O. The minimum Gasteiger partial charge on any atom is -0.464 e. The second kappa shape index (κ2) is 9.31. The Labute approximate surface area is 175 Å². The van der Waals surface area contributed by atoms with E-state index in [1.54, 1.807) is 0 Å². The van der Waals surface area contributed by atoms with E-state index in [1.165, 1.54) is 11.8 Å². The molecule has 0 radical (unpaired) electrons. The minimum absolute atomic E-state index is 0.00308. The van der Waals surface area contributed by atoms with Crippen LogP contribution in [0.4, 0.5) is 0 Å². The van der Waals surface area contributed by atoms with Gasteiger partial charge in [-0.3, -0.25) is 9.59 Å². The van der Waals surface area contributed by atoms with Crippen molar-refractivity contribution in [2.75, 3.05) is 7.11 Å². The van der Waals surface area contributed by atoms with Gasteiger partial charge >= 0.3 is 5.97 Å². The highest BCUT2D eigenvalue weighted by molar-refractivity contribution is 5.99. The molecule has 1 aromatic heterocycles. The van der Waals surface area contributed by atoms with E-state index in [2.05, 4.69) is 5.10 Å². The van der Waals surface area contributed by atoms with Crippen LogP contribution in [0.5, 0.6) is 0 Å². The van der Waals surface area contributed by atoms with Crippen molar-refractivity contribution >= 4 is 11.8 Å². The second-order valence-electron chi connectivity index (χ2n) is 7.07. The van der Waals surface area contributed by atoms with E-state index in [9.17, 15) is 14.4 Å². The average molecular weight is 404 g/mol. The molecule has 6 nitrogen and oxygen atoms in total. The Morgan fingerprint density at radius 3 is 2.30 bits per heavy atom. The summed E-state index contributed by atoms with van der Waals surface area (Å²) in [4.78, 5) is 38.4. The molecule has 0 N–H and O–H groups in total. The van der Waals surface area contributed by atoms with Gasteiger partial charge in [-0.2, -0.15) is 5.10 Å². The number of esters is 1. The summed E-state index contributed by atoms with van der Waals surface area (Å²) in [6.07, 6.45) is 1.11. The van der Waals surface area contributed by atoms with Gasteiger partial charge in [-0.25, -0.2) is 9.48 Å². The van der Waals surface area contributed by atoms with E-state index in [0.29, 0.717) is 24.2 Å². The lowest BCUT2D eigenvalue weighted by atomic mass is 9.99. The Balaban J connectivity index is 2.35. The number of carbonyl (C=O) groups is 2. The lowest BCUT2D eigenvalue weighted by molar-refractivity contribution is 0.0590. The molecule has 6 heteroatoms. The van der Waals surface area contributed by atoms with Crippen molar-refractivity contribution in [2.24, 2.45) is 0 Å². The molecule has 3 rings (SSSR count). The quantitative estimate of drug-likeness (QED) is 0.441. The third-order valence-corrected chi connectivity index (χ3v) is 4.81. The van der Waals surface area contributed by atoms with Gasteiger partial charge in [0.2, 0.25) is 11.1 Å². The number of benzene rings is 2. The van der Waals surface area contributed by atoms with Gasteiger partial charge in [-0.1, -0.05) is 55.0 Å². The Bertz CT molecular complexity index is 1120. The molecule has 0 aliphatic heterocycles. The topological polar surface area (TPSA) is 78.3 Å². The van der Waals surface area contributed by atoms with Crippen LogP contribution in [0.15, 0.2) is 59.4 Å². The number of Topliss-reactive ketones (excluding diaryl/α,β-unsaturated/α-hetero) is 1. The first kappa shape index (κ1) is 21.2. The van der Waals surface area contributed by atoms with Crippen LogP contribution in [0.1, 0.15) is 57.4 Å². The molecule has 0 fully saturated rings. The average Bonchev–Trinajstić information content (AvgIpc) is 2.75. The van der Waals surface area contributed by atoms with E-state index in [0.717, 1.165) is 11.1 Å². The number of ether oxygens (including phenoxy) is 1. The highest BCUT2D eigenvalue weighted by Crippen LogP contribution is 2.19. The fourth-order valence-corrected chi connectivity index (χ4v) is 3.28. The summed E-state index contributed by atoms with van der Waals surface area (Å²) in [5.74, 6) is -1.17. The summed E-state index contributed by atoms with van der Waals surface area (Å²) in [5, 5.41) is 4.32. The fraction of sp³-hybridized carbons (Fsp3) is 0.250. The molecule has 0 saturated heterocycles. The molecule has 1 heterocycles. The molecule has 0 aliphatic rings. The lowest BCUT2D eigenvalue weighted by Crippen LogP contribution is -2.31. The molecule has 0 unspecified atom stereocenters. The molecular formula is C24H24N2O4. The highest BCUT2D eigenvalue weighted by Gasteiger charge is 2.26. The van der Waals surface area contributed by atoms with Crippen LogP contribution in [0.3, 0.4) is 0 Å². The van der Waals surface area contributed by atoms with Gasteiger partial charge in [0.1, 0.15) is 0 Å². The van der Waals surface area contributed by atoms with Gasteiger partial charge in [0.15, 0.2) is 5.78 Å². The van der Waals surface area contributed by atoms with Crippen molar-refractivity contribution in [2.45, 2.75) is 33.1 Å². The number of carbonyl (C=O) groups excluding carboxylic acids is 2. The van der Waals surface area contributed by atoms with Gasteiger partial charge in [0, 0.05) is 12.8 Å². The van der Waals surface area contributed by atoms with Gasteiger partial charge < -0.3 is 4.74 Å². The van der Waals surface area contributed by atoms with E-state index >= 15 is 0 Å². The number of hydrogen-bond donors (Lipinski definition) is 0. The van der Waals surface area contributed by atoms with Crippen molar-refractivity contribution in [3.05, 3.63) is 92.9 Å². The van der Waals surface area contributed by atoms with Gasteiger partial charge in [-0.15, -0.1) is 0 Å². The largest absolute Gasteiger partial charge is 0.464 e.